The first-order valence-electron chi connectivity index (χ1n) is 12.5. The van der Waals surface area contributed by atoms with Gasteiger partial charge in [0.2, 0.25) is 0 Å². The highest BCUT2D eigenvalue weighted by atomic mass is 32.2. The van der Waals surface area contributed by atoms with Gasteiger partial charge >= 0.3 is 5.69 Å². The predicted molar refractivity (Wildman–Crippen MR) is 141 cm³/mol. The third-order valence-corrected chi connectivity index (χ3v) is 8.45. The SMILES string of the molecule is CCc1ccc(S(=O)CC(O)CN2CCN(CCCn3cnc4c3c(=O)n(C)c(=O)n4C)CC2)cc1. The summed E-state index contributed by atoms with van der Waals surface area (Å²) in [6.07, 6.45) is 2.81. The maximum absolute atomic E-state index is 12.6. The molecule has 1 saturated heterocycles. The molecule has 196 valence electrons. The minimum atomic E-state index is -1.21. The number of benzene rings is 1. The van der Waals surface area contributed by atoms with Crippen LogP contribution in [0, 0.1) is 0 Å². The summed E-state index contributed by atoms with van der Waals surface area (Å²) in [6.45, 7) is 7.65. The molecule has 1 aliphatic rings. The van der Waals surface area contributed by atoms with Gasteiger partial charge in [-0.3, -0.25) is 23.0 Å². The Labute approximate surface area is 213 Å². The monoisotopic (exact) mass is 516 g/mol. The van der Waals surface area contributed by atoms with Crippen LogP contribution in [0.3, 0.4) is 0 Å². The van der Waals surface area contributed by atoms with Crippen LogP contribution in [0.5, 0.6) is 0 Å². The second-order valence-corrected chi connectivity index (χ2v) is 11.0. The molecule has 0 radical (unpaired) electrons. The van der Waals surface area contributed by atoms with Crippen LogP contribution in [0.2, 0.25) is 0 Å². The quantitative estimate of drug-likeness (QED) is 0.410. The fraction of sp³-hybridized carbons (Fsp3) is 0.560. The highest BCUT2D eigenvalue weighted by Gasteiger charge is 2.21. The fourth-order valence-electron chi connectivity index (χ4n) is 4.73. The first-order chi connectivity index (χ1) is 17.3. The van der Waals surface area contributed by atoms with Gasteiger partial charge in [-0.2, -0.15) is 0 Å². The molecule has 1 N–H and O–H groups in total. The van der Waals surface area contributed by atoms with E-state index in [9.17, 15) is 18.9 Å². The number of aliphatic hydroxyl groups is 1. The van der Waals surface area contributed by atoms with Crippen LogP contribution in [0.15, 0.2) is 45.1 Å². The van der Waals surface area contributed by atoms with Gasteiger partial charge in [0.1, 0.15) is 0 Å². The van der Waals surface area contributed by atoms with Crippen LogP contribution in [0.25, 0.3) is 11.2 Å². The van der Waals surface area contributed by atoms with Crippen LogP contribution in [0.1, 0.15) is 18.9 Å². The zero-order chi connectivity index (χ0) is 25.8. The number of piperazine rings is 1. The first-order valence-corrected chi connectivity index (χ1v) is 13.8. The second kappa shape index (κ2) is 11.6. The summed E-state index contributed by atoms with van der Waals surface area (Å²) >= 11 is 0. The molecule has 0 spiro atoms. The van der Waals surface area contributed by atoms with E-state index >= 15 is 0 Å². The van der Waals surface area contributed by atoms with Crippen molar-refractivity contribution in [1.29, 1.82) is 0 Å². The Morgan fingerprint density at radius 2 is 1.67 bits per heavy atom. The summed E-state index contributed by atoms with van der Waals surface area (Å²) in [5, 5.41) is 10.5. The maximum Gasteiger partial charge on any atom is 0.332 e. The van der Waals surface area contributed by atoms with Crippen molar-refractivity contribution >= 4 is 22.0 Å². The molecule has 0 bridgehead atoms. The summed E-state index contributed by atoms with van der Waals surface area (Å²) in [7, 11) is 1.90. The molecule has 1 fully saturated rings. The van der Waals surface area contributed by atoms with Gasteiger partial charge in [0.25, 0.3) is 5.56 Å². The molecule has 2 unspecified atom stereocenters. The Balaban J connectivity index is 1.21. The average Bonchev–Trinajstić information content (AvgIpc) is 3.31. The molecule has 4 rings (SSSR count). The minimum Gasteiger partial charge on any atom is -0.391 e. The maximum atomic E-state index is 12.6. The molecule has 0 amide bonds. The molecular weight excluding hydrogens is 480 g/mol. The van der Waals surface area contributed by atoms with Crippen LogP contribution in [-0.4, -0.2) is 88.9 Å². The summed E-state index contributed by atoms with van der Waals surface area (Å²) in [4.78, 5) is 34.3. The van der Waals surface area contributed by atoms with Crippen molar-refractivity contribution in [3.63, 3.8) is 0 Å². The van der Waals surface area contributed by atoms with E-state index in [4.69, 9.17) is 0 Å². The van der Waals surface area contributed by atoms with Crippen molar-refractivity contribution in [3.05, 3.63) is 57.0 Å². The van der Waals surface area contributed by atoms with Gasteiger partial charge < -0.3 is 14.6 Å². The Morgan fingerprint density at radius 1 is 1.00 bits per heavy atom. The molecule has 1 aliphatic heterocycles. The number of hydrogen-bond donors (Lipinski definition) is 1. The fourth-order valence-corrected chi connectivity index (χ4v) is 5.81. The average molecular weight is 517 g/mol. The molecule has 0 saturated carbocycles. The van der Waals surface area contributed by atoms with E-state index in [1.807, 2.05) is 28.8 Å². The van der Waals surface area contributed by atoms with Crippen molar-refractivity contribution < 1.29 is 9.32 Å². The van der Waals surface area contributed by atoms with Crippen molar-refractivity contribution in [1.82, 2.24) is 28.5 Å². The van der Waals surface area contributed by atoms with Gasteiger partial charge in [-0.25, -0.2) is 9.78 Å². The molecular formula is C25H36N6O4S. The topological polar surface area (TPSA) is 106 Å². The van der Waals surface area contributed by atoms with Gasteiger partial charge in [0, 0.05) is 58.3 Å². The van der Waals surface area contributed by atoms with E-state index in [-0.39, 0.29) is 17.0 Å². The van der Waals surface area contributed by atoms with Gasteiger partial charge in [0.15, 0.2) is 11.2 Å². The predicted octanol–water partition coefficient (Wildman–Crippen LogP) is 0.173. The number of aliphatic hydroxyl groups excluding tert-OH is 1. The van der Waals surface area contributed by atoms with E-state index in [0.717, 1.165) is 55.0 Å². The molecule has 1 aromatic carbocycles. The van der Waals surface area contributed by atoms with E-state index < -0.39 is 16.9 Å². The minimum absolute atomic E-state index is 0.246. The molecule has 36 heavy (non-hydrogen) atoms. The van der Waals surface area contributed by atoms with Crippen molar-refractivity contribution in [2.24, 2.45) is 14.1 Å². The van der Waals surface area contributed by atoms with Crippen LogP contribution in [-0.2, 0) is 37.9 Å². The summed E-state index contributed by atoms with van der Waals surface area (Å²) in [5.41, 5.74) is 1.38. The zero-order valence-corrected chi connectivity index (χ0v) is 22.1. The Kier molecular flexibility index (Phi) is 8.55. The summed E-state index contributed by atoms with van der Waals surface area (Å²) in [6, 6.07) is 7.78. The lowest BCUT2D eigenvalue weighted by Crippen LogP contribution is -2.49. The molecule has 11 heteroatoms. The molecule has 2 aromatic heterocycles. The van der Waals surface area contributed by atoms with E-state index in [0.29, 0.717) is 24.3 Å². The number of aryl methyl sites for hydroxylation is 3. The van der Waals surface area contributed by atoms with Gasteiger partial charge in [-0.1, -0.05) is 19.1 Å². The van der Waals surface area contributed by atoms with Crippen molar-refractivity contribution in [3.8, 4) is 0 Å². The second-order valence-electron chi connectivity index (χ2n) is 9.48. The lowest BCUT2D eigenvalue weighted by atomic mass is 10.2. The number of fused-ring (bicyclic) bond motifs is 1. The highest BCUT2D eigenvalue weighted by Crippen LogP contribution is 2.12. The Morgan fingerprint density at radius 3 is 2.33 bits per heavy atom. The van der Waals surface area contributed by atoms with Crippen molar-refractivity contribution in [2.45, 2.75) is 37.3 Å². The molecule has 2 atom stereocenters. The zero-order valence-electron chi connectivity index (χ0n) is 21.3. The molecule has 3 aromatic rings. The number of β-amino-alcohol motifs (C(OH)–C–C–N with tert-alkyl or cyclic N) is 1. The smallest absolute Gasteiger partial charge is 0.332 e. The van der Waals surface area contributed by atoms with Crippen LogP contribution in [0.4, 0.5) is 0 Å². The van der Waals surface area contributed by atoms with Gasteiger partial charge in [0.05, 0.1) is 29.0 Å². The van der Waals surface area contributed by atoms with Gasteiger partial charge in [-0.05, 0) is 37.1 Å². The van der Waals surface area contributed by atoms with E-state index in [1.165, 1.54) is 17.2 Å². The van der Waals surface area contributed by atoms with E-state index in [1.54, 1.807) is 13.4 Å². The molecule has 0 aliphatic carbocycles. The third-order valence-electron chi connectivity index (χ3n) is 6.96. The largest absolute Gasteiger partial charge is 0.391 e. The molecule has 3 heterocycles. The highest BCUT2D eigenvalue weighted by molar-refractivity contribution is 7.85. The number of imidazole rings is 1. The number of rotatable bonds is 10. The van der Waals surface area contributed by atoms with Crippen LogP contribution >= 0.6 is 0 Å². The third kappa shape index (κ3) is 5.86. The first kappa shape index (κ1) is 26.5. The number of nitrogens with zero attached hydrogens (tertiary/aromatic N) is 6. The standard InChI is InChI=1S/C25H36N6O4S/c1-4-19-6-8-21(9-7-19)36(35)17-20(32)16-30-14-12-29(13-15-30)10-5-11-31-18-26-23-22(31)24(33)28(3)25(34)27(23)2/h6-9,18,20,32H,4-5,10-17H2,1-3H3. The van der Waals surface area contributed by atoms with Crippen LogP contribution < -0.4 is 11.2 Å². The number of hydrogen-bond acceptors (Lipinski definition) is 7. The summed E-state index contributed by atoms with van der Waals surface area (Å²) in [5.74, 6) is 0.246. The van der Waals surface area contributed by atoms with E-state index in [2.05, 4.69) is 21.7 Å². The lowest BCUT2D eigenvalue weighted by Gasteiger charge is -2.35. The van der Waals surface area contributed by atoms with Gasteiger partial charge in [-0.15, -0.1) is 0 Å². The van der Waals surface area contributed by atoms with Crippen molar-refractivity contribution in [2.75, 3.05) is 45.0 Å². The number of aromatic nitrogens is 4. The normalized spacial score (nSPS) is 17.0. The Bertz CT molecular complexity index is 1320. The summed E-state index contributed by atoms with van der Waals surface area (Å²) < 4.78 is 17.0. The Hall–Kier alpha value is -2.60. The molecule has 10 nitrogen and oxygen atoms in total. The lowest BCUT2D eigenvalue weighted by molar-refractivity contribution is 0.0815.